The van der Waals surface area contributed by atoms with Gasteiger partial charge < -0.3 is 0 Å². The fourth-order valence-electron chi connectivity index (χ4n) is 3.14. The van der Waals surface area contributed by atoms with Crippen molar-refractivity contribution < 1.29 is 0 Å². The van der Waals surface area contributed by atoms with E-state index < -0.39 is 0 Å². The topological polar surface area (TPSA) is 41.6 Å². The lowest BCUT2D eigenvalue weighted by Crippen LogP contribution is -2.29. The van der Waals surface area contributed by atoms with Gasteiger partial charge in [0.1, 0.15) is 0 Å². The molecule has 2 rings (SSSR count). The molecule has 0 bridgehead atoms. The first-order valence-corrected chi connectivity index (χ1v) is 6.45. The summed E-state index contributed by atoms with van der Waals surface area (Å²) in [7, 11) is 1.97. The zero-order chi connectivity index (χ0) is 12.5. The minimum absolute atomic E-state index is 0.155. The summed E-state index contributed by atoms with van der Waals surface area (Å²) >= 11 is 0. The molecule has 1 saturated carbocycles. The predicted molar refractivity (Wildman–Crippen MR) is 67.3 cm³/mol. The molecule has 0 aliphatic heterocycles. The van der Waals surface area contributed by atoms with Gasteiger partial charge in [-0.1, -0.05) is 19.8 Å². The van der Waals surface area contributed by atoms with Crippen molar-refractivity contribution in [1.82, 2.24) is 9.78 Å². The van der Waals surface area contributed by atoms with Crippen LogP contribution in [0.15, 0.2) is 6.07 Å². The maximum Gasteiger partial charge on any atom is 0.0693 e. The van der Waals surface area contributed by atoms with E-state index in [4.69, 9.17) is 0 Å². The van der Waals surface area contributed by atoms with Crippen LogP contribution in [0.1, 0.15) is 44.0 Å². The zero-order valence-electron chi connectivity index (χ0n) is 11.0. The fourth-order valence-corrected chi connectivity index (χ4v) is 3.14. The van der Waals surface area contributed by atoms with Gasteiger partial charge in [-0.15, -0.1) is 0 Å². The molecule has 0 saturated heterocycles. The van der Waals surface area contributed by atoms with E-state index in [2.05, 4.69) is 24.2 Å². The van der Waals surface area contributed by atoms with Crippen LogP contribution in [-0.4, -0.2) is 9.78 Å². The van der Waals surface area contributed by atoms with Crippen LogP contribution in [0.5, 0.6) is 0 Å². The summed E-state index contributed by atoms with van der Waals surface area (Å²) in [6.45, 7) is 4.27. The number of aromatic nitrogens is 2. The van der Waals surface area contributed by atoms with E-state index in [1.54, 1.807) is 0 Å². The Morgan fingerprint density at radius 3 is 2.94 bits per heavy atom. The number of aryl methyl sites for hydroxylation is 2. The Hall–Kier alpha value is -1.30. The minimum Gasteiger partial charge on any atom is -0.272 e. The second kappa shape index (κ2) is 4.52. The molecule has 0 radical (unpaired) electrons. The van der Waals surface area contributed by atoms with Crippen LogP contribution in [0, 0.1) is 29.6 Å². The van der Waals surface area contributed by atoms with Crippen molar-refractivity contribution in [2.75, 3.05) is 0 Å². The third kappa shape index (κ3) is 2.52. The highest BCUT2D eigenvalue weighted by atomic mass is 15.3. The van der Waals surface area contributed by atoms with Gasteiger partial charge in [-0.05, 0) is 31.7 Å². The lowest BCUT2D eigenvalue weighted by Gasteiger charge is -2.34. The molecule has 17 heavy (non-hydrogen) atoms. The van der Waals surface area contributed by atoms with Crippen molar-refractivity contribution in [3.63, 3.8) is 0 Å². The van der Waals surface area contributed by atoms with Crippen molar-refractivity contribution in [2.24, 2.45) is 18.4 Å². The molecule has 1 aromatic heterocycles. The Bertz CT molecular complexity index is 441. The first-order valence-electron chi connectivity index (χ1n) is 6.45. The summed E-state index contributed by atoms with van der Waals surface area (Å²) in [4.78, 5) is 0. The average Bonchev–Trinajstić information content (AvgIpc) is 2.57. The number of nitriles is 1. The van der Waals surface area contributed by atoms with Crippen LogP contribution < -0.4 is 0 Å². The molecule has 0 aromatic carbocycles. The predicted octanol–water partition coefficient (Wildman–Crippen LogP) is 2.99. The standard InChI is InChI=1S/C14H21N3/c1-11-5-4-6-14(8-11,10-15)9-13-7-12(2)16-17(13)3/h7,11H,4-6,8-9H2,1-3H3. The highest BCUT2D eigenvalue weighted by Gasteiger charge is 2.36. The molecule has 3 nitrogen and oxygen atoms in total. The lowest BCUT2D eigenvalue weighted by atomic mass is 9.68. The second-order valence-corrected chi connectivity index (χ2v) is 5.67. The van der Waals surface area contributed by atoms with Crippen molar-refractivity contribution >= 4 is 0 Å². The van der Waals surface area contributed by atoms with E-state index in [1.165, 1.54) is 18.5 Å². The summed E-state index contributed by atoms with van der Waals surface area (Å²) < 4.78 is 1.92. The summed E-state index contributed by atoms with van der Waals surface area (Å²) in [5, 5.41) is 13.9. The van der Waals surface area contributed by atoms with Crippen molar-refractivity contribution in [3.05, 3.63) is 17.5 Å². The van der Waals surface area contributed by atoms with Crippen LogP contribution in [-0.2, 0) is 13.5 Å². The lowest BCUT2D eigenvalue weighted by molar-refractivity contribution is 0.206. The number of hydrogen-bond donors (Lipinski definition) is 0. The number of nitrogens with zero attached hydrogens (tertiary/aromatic N) is 3. The molecule has 1 aromatic rings. The highest BCUT2D eigenvalue weighted by molar-refractivity contribution is 5.15. The van der Waals surface area contributed by atoms with Gasteiger partial charge in [0.15, 0.2) is 0 Å². The molecule has 2 atom stereocenters. The first-order chi connectivity index (χ1) is 8.04. The Morgan fingerprint density at radius 2 is 2.41 bits per heavy atom. The summed E-state index contributed by atoms with van der Waals surface area (Å²) in [5.74, 6) is 0.678. The van der Waals surface area contributed by atoms with Gasteiger partial charge in [0, 0.05) is 19.2 Å². The molecule has 0 amide bonds. The van der Waals surface area contributed by atoms with Crippen molar-refractivity contribution in [2.45, 2.75) is 46.0 Å². The number of hydrogen-bond acceptors (Lipinski definition) is 2. The molecule has 1 aliphatic carbocycles. The molecular formula is C14H21N3. The van der Waals surface area contributed by atoms with E-state index >= 15 is 0 Å². The van der Waals surface area contributed by atoms with Gasteiger partial charge in [-0.3, -0.25) is 4.68 Å². The van der Waals surface area contributed by atoms with Gasteiger partial charge in [0.2, 0.25) is 0 Å². The normalized spacial score (nSPS) is 28.9. The van der Waals surface area contributed by atoms with Crippen LogP contribution >= 0.6 is 0 Å². The van der Waals surface area contributed by atoms with Gasteiger partial charge in [-0.2, -0.15) is 10.4 Å². The van der Waals surface area contributed by atoms with Crippen molar-refractivity contribution in [1.29, 1.82) is 5.26 Å². The average molecular weight is 231 g/mol. The van der Waals surface area contributed by atoms with Crippen molar-refractivity contribution in [3.8, 4) is 6.07 Å². The molecule has 1 heterocycles. The molecule has 3 heteroatoms. The number of rotatable bonds is 2. The Labute approximate surface area is 103 Å². The quantitative estimate of drug-likeness (QED) is 0.785. The van der Waals surface area contributed by atoms with Crippen LogP contribution in [0.25, 0.3) is 0 Å². The molecular weight excluding hydrogens is 210 g/mol. The van der Waals surface area contributed by atoms with Gasteiger partial charge in [0.25, 0.3) is 0 Å². The molecule has 1 fully saturated rings. The molecule has 1 aliphatic rings. The van der Waals surface area contributed by atoms with Gasteiger partial charge in [-0.25, -0.2) is 0 Å². The molecule has 2 unspecified atom stereocenters. The Morgan fingerprint density at radius 1 is 1.65 bits per heavy atom. The van der Waals surface area contributed by atoms with Crippen LogP contribution in [0.4, 0.5) is 0 Å². The van der Waals surface area contributed by atoms with Gasteiger partial charge in [0.05, 0.1) is 17.2 Å². The molecule has 0 spiro atoms. The third-order valence-electron chi connectivity index (χ3n) is 3.95. The van der Waals surface area contributed by atoms with Crippen LogP contribution in [0.2, 0.25) is 0 Å². The largest absolute Gasteiger partial charge is 0.272 e. The Kier molecular flexibility index (Phi) is 3.24. The van der Waals surface area contributed by atoms with Gasteiger partial charge >= 0.3 is 0 Å². The third-order valence-corrected chi connectivity index (χ3v) is 3.95. The van der Waals surface area contributed by atoms with E-state index in [0.29, 0.717) is 5.92 Å². The maximum atomic E-state index is 9.54. The van der Waals surface area contributed by atoms with E-state index in [0.717, 1.165) is 25.0 Å². The van der Waals surface area contributed by atoms with Crippen LogP contribution in [0.3, 0.4) is 0 Å². The van der Waals surface area contributed by atoms with E-state index in [-0.39, 0.29) is 5.41 Å². The molecule has 0 N–H and O–H groups in total. The highest BCUT2D eigenvalue weighted by Crippen LogP contribution is 2.41. The summed E-state index contributed by atoms with van der Waals surface area (Å²) in [6, 6.07) is 4.70. The fraction of sp³-hybridized carbons (Fsp3) is 0.714. The summed E-state index contributed by atoms with van der Waals surface area (Å²) in [6.07, 6.45) is 5.39. The molecule has 92 valence electrons. The second-order valence-electron chi connectivity index (χ2n) is 5.67. The van der Waals surface area contributed by atoms with E-state index in [9.17, 15) is 5.26 Å². The van der Waals surface area contributed by atoms with E-state index in [1.807, 2.05) is 18.7 Å². The minimum atomic E-state index is -0.155. The SMILES string of the molecule is Cc1cc(CC2(C#N)CCCC(C)C2)n(C)n1. The smallest absolute Gasteiger partial charge is 0.0693 e. The monoisotopic (exact) mass is 231 g/mol. The first kappa shape index (κ1) is 12.2. The summed E-state index contributed by atoms with van der Waals surface area (Å²) in [5.41, 5.74) is 2.08. The maximum absolute atomic E-state index is 9.54. The Balaban J connectivity index is 2.20. The zero-order valence-corrected chi connectivity index (χ0v) is 11.0.